The van der Waals surface area contributed by atoms with E-state index >= 15 is 0 Å². The smallest absolute Gasteiger partial charge is 0.370 e. The molecule has 0 N–H and O–H groups in total. The van der Waals surface area contributed by atoms with Crippen LogP contribution >= 0.6 is 0 Å². The topological polar surface area (TPSA) is 47.9 Å². The van der Waals surface area contributed by atoms with E-state index in [1.807, 2.05) is 84.6 Å². The molecule has 0 amide bonds. The first-order valence-electron chi connectivity index (χ1n) is 13.2. The van der Waals surface area contributed by atoms with Gasteiger partial charge in [0.15, 0.2) is 0 Å². The Hall–Kier alpha value is -4.63. The number of hydrogen-bond acceptors (Lipinski definition) is 6. The van der Waals surface area contributed by atoms with Gasteiger partial charge >= 0.3 is 6.18 Å². The Morgan fingerprint density at radius 1 is 0.844 bits per heavy atom. The summed E-state index contributed by atoms with van der Waals surface area (Å²) in [4.78, 5) is 10.9. The summed E-state index contributed by atoms with van der Waals surface area (Å²) in [6, 6.07) is 32.2. The van der Waals surface area contributed by atoms with E-state index in [4.69, 9.17) is 0 Å². The second kappa shape index (κ2) is 14.4. The van der Waals surface area contributed by atoms with Gasteiger partial charge in [-0.1, -0.05) is 77.5 Å². The Morgan fingerprint density at radius 2 is 1.53 bits per heavy atom. The largest absolute Gasteiger partial charge is 0.456 e. The van der Waals surface area contributed by atoms with E-state index < -0.39 is 23.6 Å². The standard InChI is InChI=1S/C21H14F3N3.C12H10F2N3.Pt/c22-21(23,24)17-11-13-19(14-12-17)27-15-26(18-9-5-2-6-10-18)20(25-27)16-7-3-1-4-8-16;1-17(2)8-5-6-15-10(7-8)9-3-4-11(13)16-12(9)14;/h1-13,15H;4-7H,1-2H3;/q-2;-1;. The molecule has 45 heavy (non-hydrogen) atoms. The van der Waals surface area contributed by atoms with Gasteiger partial charge in [0.1, 0.15) is 17.7 Å². The van der Waals surface area contributed by atoms with Gasteiger partial charge < -0.3 is 19.8 Å². The maximum atomic E-state index is 13.4. The first kappa shape index (κ1) is 33.3. The molecule has 0 radical (unpaired) electrons. The Kier molecular flexibility index (Phi) is 10.7. The number of halogens is 5. The summed E-state index contributed by atoms with van der Waals surface area (Å²) in [7, 11) is 3.73. The second-order valence-corrected chi connectivity index (χ2v) is 9.60. The van der Waals surface area contributed by atoms with Crippen LogP contribution in [0.4, 0.5) is 39.0 Å². The number of pyridine rings is 2. The van der Waals surface area contributed by atoms with Crippen molar-refractivity contribution in [1.29, 1.82) is 0 Å². The summed E-state index contributed by atoms with van der Waals surface area (Å²) >= 11 is 0. The SMILES string of the molecule is CN(C)c1ccnc(-c2[c-]cc(F)nc2F)c1.FC(F)(F)c1c[c-]c(N2[CH-]N(c3ccccc3)C(c3ccccc3)=N2)cc1.[Pt]. The van der Waals surface area contributed by atoms with E-state index in [-0.39, 0.29) is 26.6 Å². The number of nitrogens with zero attached hydrogens (tertiary/aromatic N) is 6. The van der Waals surface area contributed by atoms with Crippen LogP contribution in [0.1, 0.15) is 11.1 Å². The first-order valence-corrected chi connectivity index (χ1v) is 13.2. The molecule has 0 atom stereocenters. The fourth-order valence-corrected chi connectivity index (χ4v) is 4.14. The van der Waals surface area contributed by atoms with E-state index in [9.17, 15) is 22.0 Å². The molecule has 5 aromatic rings. The number of aromatic nitrogens is 2. The molecule has 6 nitrogen and oxygen atoms in total. The van der Waals surface area contributed by atoms with Crippen molar-refractivity contribution in [3.05, 3.63) is 145 Å². The molecule has 0 fully saturated rings. The van der Waals surface area contributed by atoms with E-state index in [2.05, 4.69) is 27.2 Å². The van der Waals surface area contributed by atoms with Gasteiger partial charge in [-0.25, -0.2) is 8.78 Å². The minimum atomic E-state index is -4.39. The van der Waals surface area contributed by atoms with Crippen molar-refractivity contribution < 1.29 is 43.0 Å². The van der Waals surface area contributed by atoms with E-state index in [1.54, 1.807) is 25.0 Å². The molecule has 1 aliphatic rings. The number of benzene rings is 3. The van der Waals surface area contributed by atoms with Crippen LogP contribution in [-0.4, -0.2) is 29.9 Å². The molecule has 12 heteroatoms. The molecule has 1 aliphatic heterocycles. The van der Waals surface area contributed by atoms with Gasteiger partial charge in [-0.15, -0.1) is 18.8 Å². The maximum absolute atomic E-state index is 13.4. The predicted octanol–water partition coefficient (Wildman–Crippen LogP) is 7.60. The van der Waals surface area contributed by atoms with Crippen LogP contribution < -0.4 is 14.8 Å². The summed E-state index contributed by atoms with van der Waals surface area (Å²) < 4.78 is 64.5. The van der Waals surface area contributed by atoms with Crippen molar-refractivity contribution in [3.8, 4) is 11.3 Å². The Bertz CT molecular complexity index is 1730. The molecule has 0 aliphatic carbocycles. The average molecular weight is 795 g/mol. The Labute approximate surface area is 271 Å². The van der Waals surface area contributed by atoms with Crippen LogP contribution in [0.15, 0.2) is 108 Å². The summed E-state index contributed by atoms with van der Waals surface area (Å²) in [5.74, 6) is -1.13. The number of para-hydroxylation sites is 1. The van der Waals surface area contributed by atoms with Crippen molar-refractivity contribution in [1.82, 2.24) is 9.97 Å². The molecule has 234 valence electrons. The third kappa shape index (κ3) is 8.10. The third-order valence-corrected chi connectivity index (χ3v) is 6.36. The summed E-state index contributed by atoms with van der Waals surface area (Å²) in [6.45, 7) is 1.73. The third-order valence-electron chi connectivity index (χ3n) is 6.36. The number of alkyl halides is 3. The minimum Gasteiger partial charge on any atom is -0.456 e. The molecule has 3 aromatic carbocycles. The summed E-state index contributed by atoms with van der Waals surface area (Å²) in [6.07, 6.45) is -2.83. The zero-order valence-corrected chi connectivity index (χ0v) is 26.1. The summed E-state index contributed by atoms with van der Waals surface area (Å²) in [5, 5.41) is 6.11. The van der Waals surface area contributed by atoms with Crippen LogP contribution in [0.5, 0.6) is 0 Å². The molecule has 0 spiro atoms. The monoisotopic (exact) mass is 794 g/mol. The summed E-state index contributed by atoms with van der Waals surface area (Å²) in [5.41, 5.74) is 2.79. The minimum absolute atomic E-state index is 0. The fourth-order valence-electron chi connectivity index (χ4n) is 4.14. The molecule has 2 aromatic heterocycles. The van der Waals surface area contributed by atoms with Crippen molar-refractivity contribution in [2.24, 2.45) is 5.10 Å². The molecule has 0 saturated carbocycles. The number of hydrogen-bond donors (Lipinski definition) is 0. The van der Waals surface area contributed by atoms with Crippen LogP contribution in [0.3, 0.4) is 0 Å². The molecule has 0 unspecified atom stereocenters. The van der Waals surface area contributed by atoms with Gasteiger partial charge in [0.2, 0.25) is 0 Å². The predicted molar refractivity (Wildman–Crippen MR) is 160 cm³/mol. The van der Waals surface area contributed by atoms with Gasteiger partial charge in [-0.05, 0) is 23.9 Å². The molecule has 0 saturated heterocycles. The first-order chi connectivity index (χ1) is 21.1. The molecule has 3 heterocycles. The van der Waals surface area contributed by atoms with Gasteiger partial charge in [-0.2, -0.15) is 36.5 Å². The van der Waals surface area contributed by atoms with Crippen molar-refractivity contribution >= 4 is 22.9 Å². The van der Waals surface area contributed by atoms with Crippen LogP contribution in [-0.2, 0) is 27.2 Å². The van der Waals surface area contributed by atoms with Gasteiger partial charge in [0, 0.05) is 58.3 Å². The van der Waals surface area contributed by atoms with Gasteiger partial charge in [0.25, 0.3) is 0 Å². The molecular formula is C33H24F5N6Pt-3. The van der Waals surface area contributed by atoms with Crippen molar-refractivity contribution in [2.75, 3.05) is 28.9 Å². The van der Waals surface area contributed by atoms with E-state index in [1.165, 1.54) is 11.1 Å². The Balaban J connectivity index is 0.000000222. The van der Waals surface area contributed by atoms with Crippen LogP contribution in [0.25, 0.3) is 11.3 Å². The zero-order chi connectivity index (χ0) is 31.3. The number of amidine groups is 1. The zero-order valence-electron chi connectivity index (χ0n) is 23.8. The Morgan fingerprint density at radius 3 is 2.13 bits per heavy atom. The van der Waals surface area contributed by atoms with Crippen LogP contribution in [0, 0.1) is 30.7 Å². The quantitative estimate of drug-likeness (QED) is 0.104. The number of hydrazone groups is 1. The van der Waals surface area contributed by atoms with E-state index in [0.29, 0.717) is 17.2 Å². The van der Waals surface area contributed by atoms with Crippen molar-refractivity contribution in [3.63, 3.8) is 0 Å². The normalized spacial score (nSPS) is 12.6. The average Bonchev–Trinajstić information content (AvgIpc) is 3.48. The van der Waals surface area contributed by atoms with Crippen LogP contribution in [0.2, 0.25) is 0 Å². The van der Waals surface area contributed by atoms with E-state index in [0.717, 1.165) is 35.1 Å². The fraction of sp³-hybridized carbons (Fsp3) is 0.0909. The number of rotatable bonds is 5. The molecule has 0 bridgehead atoms. The van der Waals surface area contributed by atoms with Gasteiger partial charge in [-0.3, -0.25) is 4.98 Å². The number of anilines is 3. The molecular weight excluding hydrogens is 770 g/mol. The molecule has 6 rings (SSSR count). The second-order valence-electron chi connectivity index (χ2n) is 9.60. The van der Waals surface area contributed by atoms with Crippen molar-refractivity contribution in [2.45, 2.75) is 6.18 Å². The maximum Gasteiger partial charge on any atom is 0.370 e. The van der Waals surface area contributed by atoms with Gasteiger partial charge in [0.05, 0.1) is 0 Å².